The summed E-state index contributed by atoms with van der Waals surface area (Å²) in [5.41, 5.74) is 7.96. The van der Waals surface area contributed by atoms with Gasteiger partial charge in [0.2, 0.25) is 0 Å². The summed E-state index contributed by atoms with van der Waals surface area (Å²) in [5, 5.41) is 26.7. The van der Waals surface area contributed by atoms with Crippen molar-refractivity contribution in [1.82, 2.24) is 0 Å². The van der Waals surface area contributed by atoms with Crippen LogP contribution in [0.2, 0.25) is 0 Å². The number of rotatable bonds is 7. The molecule has 1 aromatic rings. The lowest BCUT2D eigenvalue weighted by Crippen LogP contribution is -2.09. The van der Waals surface area contributed by atoms with Crippen molar-refractivity contribution in [2.24, 2.45) is 0 Å². The van der Waals surface area contributed by atoms with Gasteiger partial charge in [-0.3, -0.25) is 0 Å². The number of aryl methyl sites for hydroxylation is 1. The lowest BCUT2D eigenvalue weighted by molar-refractivity contribution is 0.0698. The fraction of sp³-hybridized carbons (Fsp3) is 0.462. The number of hydrogen-bond acceptors (Lipinski definition) is 4. The van der Waals surface area contributed by atoms with Crippen molar-refractivity contribution in [2.75, 3.05) is 18.9 Å². The number of carboxylic acids is 1. The van der Waals surface area contributed by atoms with E-state index in [1.165, 1.54) is 6.07 Å². The van der Waals surface area contributed by atoms with Crippen molar-refractivity contribution in [1.29, 1.82) is 0 Å². The van der Waals surface area contributed by atoms with Gasteiger partial charge in [-0.1, -0.05) is 6.07 Å². The second-order valence-corrected chi connectivity index (χ2v) is 4.12. The van der Waals surface area contributed by atoms with Crippen LogP contribution >= 0.6 is 0 Å². The van der Waals surface area contributed by atoms with Gasteiger partial charge in [-0.15, -0.1) is 0 Å². The maximum atomic E-state index is 11.0. The van der Waals surface area contributed by atoms with Gasteiger partial charge in [0.15, 0.2) is 0 Å². The van der Waals surface area contributed by atoms with E-state index in [0.717, 1.165) is 11.1 Å². The normalized spacial score (nSPS) is 10.6. The molecule has 0 amide bonds. The zero-order chi connectivity index (χ0) is 13.5. The molecule has 1 rings (SSSR count). The molecule has 0 bridgehead atoms. The standard InChI is InChI=1S/C13H19NO4/c14-12-10(4-2-8-16)9(3-1-7-15)5-6-11(12)13(17)18/h5-6,15-16H,1-4,7-8,14H2,(H,17,18). The molecule has 1 aromatic carbocycles. The fourth-order valence-corrected chi connectivity index (χ4v) is 1.95. The summed E-state index contributed by atoms with van der Waals surface area (Å²) < 4.78 is 0. The SMILES string of the molecule is Nc1c(C(=O)O)ccc(CCCO)c1CCCO. The Kier molecular flexibility index (Phi) is 5.61. The van der Waals surface area contributed by atoms with Gasteiger partial charge in [0.05, 0.1) is 5.56 Å². The number of nitrogen functional groups attached to an aromatic ring is 1. The number of carbonyl (C=O) groups is 1. The Hall–Kier alpha value is -1.59. The molecular weight excluding hydrogens is 234 g/mol. The molecule has 0 aromatic heterocycles. The Morgan fingerprint density at radius 2 is 1.72 bits per heavy atom. The third kappa shape index (κ3) is 3.45. The summed E-state index contributed by atoms with van der Waals surface area (Å²) in [6, 6.07) is 3.23. The molecular formula is C13H19NO4. The zero-order valence-corrected chi connectivity index (χ0v) is 10.2. The van der Waals surface area contributed by atoms with Crippen molar-refractivity contribution in [3.8, 4) is 0 Å². The van der Waals surface area contributed by atoms with Gasteiger partial charge < -0.3 is 21.1 Å². The quantitative estimate of drug-likeness (QED) is 0.538. The minimum absolute atomic E-state index is 0.0379. The van der Waals surface area contributed by atoms with Crippen LogP contribution in [-0.4, -0.2) is 34.5 Å². The molecule has 0 heterocycles. The average Bonchev–Trinajstić information content (AvgIpc) is 2.34. The summed E-state index contributed by atoms with van der Waals surface area (Å²) in [4.78, 5) is 11.0. The first-order valence-electron chi connectivity index (χ1n) is 5.97. The Morgan fingerprint density at radius 1 is 1.11 bits per heavy atom. The van der Waals surface area contributed by atoms with Crippen LogP contribution in [0.1, 0.15) is 34.3 Å². The second-order valence-electron chi connectivity index (χ2n) is 4.12. The maximum Gasteiger partial charge on any atom is 0.337 e. The molecule has 0 fully saturated rings. The smallest absolute Gasteiger partial charge is 0.337 e. The zero-order valence-electron chi connectivity index (χ0n) is 10.2. The predicted octanol–water partition coefficient (Wildman–Crippen LogP) is 0.817. The van der Waals surface area contributed by atoms with Crippen molar-refractivity contribution >= 4 is 11.7 Å². The second kappa shape index (κ2) is 6.98. The third-order valence-electron chi connectivity index (χ3n) is 2.87. The van der Waals surface area contributed by atoms with Gasteiger partial charge in [0.25, 0.3) is 0 Å². The highest BCUT2D eigenvalue weighted by Gasteiger charge is 2.14. The first kappa shape index (κ1) is 14.5. The van der Waals surface area contributed by atoms with Crippen molar-refractivity contribution in [2.45, 2.75) is 25.7 Å². The van der Waals surface area contributed by atoms with Gasteiger partial charge in [-0.25, -0.2) is 4.79 Å². The number of aliphatic hydroxyl groups excluding tert-OH is 2. The summed E-state index contributed by atoms with van der Waals surface area (Å²) in [6.07, 6.45) is 2.35. The maximum absolute atomic E-state index is 11.0. The highest BCUT2D eigenvalue weighted by Crippen LogP contribution is 2.24. The number of anilines is 1. The molecule has 5 N–H and O–H groups in total. The number of nitrogens with two attached hydrogens (primary N) is 1. The molecule has 0 saturated heterocycles. The lowest BCUT2D eigenvalue weighted by atomic mass is 9.94. The molecule has 100 valence electrons. The molecule has 5 nitrogen and oxygen atoms in total. The predicted molar refractivity (Wildman–Crippen MR) is 68.6 cm³/mol. The summed E-state index contributed by atoms with van der Waals surface area (Å²) in [6.45, 7) is 0.121. The van der Waals surface area contributed by atoms with Crippen LogP contribution < -0.4 is 5.73 Å². The molecule has 5 heteroatoms. The van der Waals surface area contributed by atoms with Crippen LogP contribution in [0.5, 0.6) is 0 Å². The van der Waals surface area contributed by atoms with E-state index in [4.69, 9.17) is 21.1 Å². The van der Waals surface area contributed by atoms with Crippen LogP contribution in [0.4, 0.5) is 5.69 Å². The van der Waals surface area contributed by atoms with E-state index in [0.29, 0.717) is 25.7 Å². The van der Waals surface area contributed by atoms with Gasteiger partial charge in [-0.05, 0) is 42.9 Å². The molecule has 18 heavy (non-hydrogen) atoms. The number of hydrogen-bond donors (Lipinski definition) is 4. The van der Waals surface area contributed by atoms with Gasteiger partial charge in [0.1, 0.15) is 0 Å². The van der Waals surface area contributed by atoms with Crippen LogP contribution in [-0.2, 0) is 12.8 Å². The van der Waals surface area contributed by atoms with Crippen LogP contribution in [0, 0.1) is 0 Å². The minimum Gasteiger partial charge on any atom is -0.478 e. The van der Waals surface area contributed by atoms with E-state index in [2.05, 4.69) is 0 Å². The Bertz CT molecular complexity index is 418. The van der Waals surface area contributed by atoms with Gasteiger partial charge >= 0.3 is 5.97 Å². The topological polar surface area (TPSA) is 104 Å². The van der Waals surface area contributed by atoms with Crippen LogP contribution in [0.3, 0.4) is 0 Å². The molecule has 0 radical (unpaired) electrons. The molecule has 0 aliphatic heterocycles. The first-order valence-corrected chi connectivity index (χ1v) is 5.97. The number of benzene rings is 1. The van der Waals surface area contributed by atoms with Crippen molar-refractivity contribution in [3.63, 3.8) is 0 Å². The van der Waals surface area contributed by atoms with Gasteiger partial charge in [-0.2, -0.15) is 0 Å². The van der Waals surface area contributed by atoms with Crippen LogP contribution in [0.15, 0.2) is 12.1 Å². The number of aliphatic hydroxyl groups is 2. The highest BCUT2D eigenvalue weighted by atomic mass is 16.4. The average molecular weight is 253 g/mol. The molecule has 0 spiro atoms. The Labute approximate surface area is 106 Å². The monoisotopic (exact) mass is 253 g/mol. The van der Waals surface area contributed by atoms with E-state index in [1.54, 1.807) is 6.07 Å². The Balaban J connectivity index is 3.09. The molecule has 0 unspecified atom stereocenters. The first-order chi connectivity index (χ1) is 8.61. The molecule has 0 aliphatic rings. The minimum atomic E-state index is -1.05. The van der Waals surface area contributed by atoms with E-state index < -0.39 is 5.97 Å². The lowest BCUT2D eigenvalue weighted by Gasteiger charge is -2.14. The summed E-state index contributed by atoms with van der Waals surface area (Å²) in [7, 11) is 0. The third-order valence-corrected chi connectivity index (χ3v) is 2.87. The molecule has 0 saturated carbocycles. The largest absolute Gasteiger partial charge is 0.478 e. The Morgan fingerprint density at radius 3 is 2.28 bits per heavy atom. The van der Waals surface area contributed by atoms with E-state index in [9.17, 15) is 4.79 Å². The number of carboxylic acid groups (broad SMARTS) is 1. The van der Waals surface area contributed by atoms with E-state index in [1.807, 2.05) is 0 Å². The molecule has 0 aliphatic carbocycles. The summed E-state index contributed by atoms with van der Waals surface area (Å²) >= 11 is 0. The van der Waals surface area contributed by atoms with Crippen LogP contribution in [0.25, 0.3) is 0 Å². The number of aromatic carboxylic acids is 1. The molecule has 0 atom stereocenters. The van der Waals surface area contributed by atoms with E-state index in [-0.39, 0.29) is 24.5 Å². The highest BCUT2D eigenvalue weighted by molar-refractivity contribution is 5.94. The van der Waals surface area contributed by atoms with E-state index >= 15 is 0 Å². The van der Waals surface area contributed by atoms with Crippen molar-refractivity contribution in [3.05, 3.63) is 28.8 Å². The fourth-order valence-electron chi connectivity index (χ4n) is 1.95. The van der Waals surface area contributed by atoms with Gasteiger partial charge in [0, 0.05) is 18.9 Å². The van der Waals surface area contributed by atoms with Crippen molar-refractivity contribution < 1.29 is 20.1 Å². The summed E-state index contributed by atoms with van der Waals surface area (Å²) in [5.74, 6) is -1.05.